The van der Waals surface area contributed by atoms with Crippen molar-refractivity contribution in [3.8, 4) is 0 Å². The van der Waals surface area contributed by atoms with Gasteiger partial charge in [0, 0.05) is 11.3 Å². The number of rotatable bonds is 0. The van der Waals surface area contributed by atoms with Gasteiger partial charge >= 0.3 is 0 Å². The fraction of sp³-hybridized carbons (Fsp3) is 0.556. The highest BCUT2D eigenvalue weighted by molar-refractivity contribution is 6.21. The second kappa shape index (κ2) is 2.13. The number of alkyl halides is 1. The van der Waals surface area contributed by atoms with Gasteiger partial charge in [-0.2, -0.15) is 0 Å². The number of allylic oxidation sites excluding steroid dienone is 4. The van der Waals surface area contributed by atoms with E-state index in [4.69, 9.17) is 11.6 Å². The predicted octanol–water partition coefficient (Wildman–Crippen LogP) is 2.89. The lowest BCUT2D eigenvalue weighted by Crippen LogP contribution is -2.26. The highest BCUT2D eigenvalue weighted by Gasteiger charge is 2.31. The van der Waals surface area contributed by atoms with Crippen molar-refractivity contribution in [2.75, 3.05) is 0 Å². The van der Waals surface area contributed by atoms with Crippen LogP contribution in [0.5, 0.6) is 0 Å². The zero-order chi connectivity index (χ0) is 7.14. The third-order valence-corrected chi connectivity index (χ3v) is 3.01. The first-order valence-corrected chi connectivity index (χ1v) is 4.24. The lowest BCUT2D eigenvalue weighted by molar-refractivity contribution is 0.520. The standard InChI is InChI=1S/C9H11Cl/c1-6-2-5-9(10)8-4-3-7(6)8/h2-3,8-9H,4-5H2,1H3/t8-,9-/m1/s1. The van der Waals surface area contributed by atoms with Gasteiger partial charge < -0.3 is 0 Å². The monoisotopic (exact) mass is 154 g/mol. The molecule has 0 N–H and O–H groups in total. The first-order chi connectivity index (χ1) is 4.79. The van der Waals surface area contributed by atoms with Gasteiger partial charge in [0.1, 0.15) is 0 Å². The van der Waals surface area contributed by atoms with Crippen LogP contribution in [-0.2, 0) is 0 Å². The molecule has 0 aromatic rings. The third-order valence-electron chi connectivity index (χ3n) is 2.53. The fourth-order valence-corrected chi connectivity index (χ4v) is 2.07. The second-order valence-corrected chi connectivity index (χ2v) is 3.70. The van der Waals surface area contributed by atoms with Crippen molar-refractivity contribution in [2.45, 2.75) is 25.1 Å². The number of hydrogen-bond acceptors (Lipinski definition) is 0. The van der Waals surface area contributed by atoms with Gasteiger partial charge in [-0.05, 0) is 25.3 Å². The van der Waals surface area contributed by atoms with E-state index in [-0.39, 0.29) is 0 Å². The first-order valence-electron chi connectivity index (χ1n) is 3.80. The van der Waals surface area contributed by atoms with Gasteiger partial charge in [-0.15, -0.1) is 11.6 Å². The molecule has 0 aromatic carbocycles. The molecule has 0 fully saturated rings. The summed E-state index contributed by atoms with van der Waals surface area (Å²) in [6.45, 7) is 2.18. The van der Waals surface area contributed by atoms with Crippen LogP contribution >= 0.6 is 11.6 Å². The van der Waals surface area contributed by atoms with Crippen molar-refractivity contribution in [3.05, 3.63) is 23.3 Å². The van der Waals surface area contributed by atoms with Crippen molar-refractivity contribution < 1.29 is 0 Å². The Hall–Kier alpha value is -0.230. The summed E-state index contributed by atoms with van der Waals surface area (Å²) in [7, 11) is 0. The summed E-state index contributed by atoms with van der Waals surface area (Å²) in [5.41, 5.74) is 2.96. The molecule has 0 nitrogen and oxygen atoms in total. The van der Waals surface area contributed by atoms with E-state index in [0.29, 0.717) is 11.3 Å². The largest absolute Gasteiger partial charge is 0.122 e. The van der Waals surface area contributed by atoms with Gasteiger partial charge in [0.15, 0.2) is 0 Å². The summed E-state index contributed by atoms with van der Waals surface area (Å²) in [4.78, 5) is 0. The van der Waals surface area contributed by atoms with Crippen molar-refractivity contribution in [1.82, 2.24) is 0 Å². The molecule has 2 aliphatic rings. The predicted molar refractivity (Wildman–Crippen MR) is 44.2 cm³/mol. The number of halogens is 1. The van der Waals surface area contributed by atoms with Gasteiger partial charge in [-0.3, -0.25) is 0 Å². The van der Waals surface area contributed by atoms with E-state index in [2.05, 4.69) is 19.1 Å². The second-order valence-electron chi connectivity index (χ2n) is 3.14. The molecule has 2 aliphatic carbocycles. The van der Waals surface area contributed by atoms with Crippen molar-refractivity contribution in [1.29, 1.82) is 0 Å². The van der Waals surface area contributed by atoms with Crippen LogP contribution in [-0.4, -0.2) is 5.38 Å². The van der Waals surface area contributed by atoms with Crippen LogP contribution < -0.4 is 0 Å². The van der Waals surface area contributed by atoms with Gasteiger partial charge in [0.05, 0.1) is 0 Å². The smallest absolute Gasteiger partial charge is 0.0442 e. The molecule has 0 heterocycles. The van der Waals surface area contributed by atoms with E-state index in [1.165, 1.54) is 17.6 Å². The van der Waals surface area contributed by atoms with Crippen molar-refractivity contribution in [2.24, 2.45) is 5.92 Å². The van der Waals surface area contributed by atoms with E-state index in [1.54, 1.807) is 0 Å². The quantitative estimate of drug-likeness (QED) is 0.471. The maximum Gasteiger partial charge on any atom is 0.0442 e. The Morgan fingerprint density at radius 2 is 2.20 bits per heavy atom. The Bertz CT molecular complexity index is 213. The highest BCUT2D eigenvalue weighted by atomic mass is 35.5. The molecule has 10 heavy (non-hydrogen) atoms. The van der Waals surface area contributed by atoms with Crippen molar-refractivity contribution in [3.63, 3.8) is 0 Å². The minimum Gasteiger partial charge on any atom is -0.122 e. The molecule has 2 atom stereocenters. The minimum absolute atomic E-state index is 0.378. The third kappa shape index (κ3) is 0.751. The topological polar surface area (TPSA) is 0 Å². The van der Waals surface area contributed by atoms with E-state index >= 15 is 0 Å². The molecule has 0 radical (unpaired) electrons. The molecular formula is C9H11Cl. The van der Waals surface area contributed by atoms with E-state index in [1.807, 2.05) is 0 Å². The number of fused-ring (bicyclic) bond motifs is 1. The highest BCUT2D eigenvalue weighted by Crippen LogP contribution is 2.42. The summed E-state index contributed by atoms with van der Waals surface area (Å²) in [6.07, 6.45) is 6.81. The first kappa shape index (κ1) is 6.48. The van der Waals surface area contributed by atoms with E-state index in [0.717, 1.165) is 6.42 Å². The lowest BCUT2D eigenvalue weighted by Gasteiger charge is -2.35. The van der Waals surface area contributed by atoms with Crippen LogP contribution in [0.25, 0.3) is 0 Å². The average Bonchev–Trinajstić information content (AvgIpc) is 1.78. The van der Waals surface area contributed by atoms with Gasteiger partial charge in [0.2, 0.25) is 0 Å². The van der Waals surface area contributed by atoms with Crippen LogP contribution in [0.2, 0.25) is 0 Å². The summed E-state index contributed by atoms with van der Waals surface area (Å²) < 4.78 is 0. The Morgan fingerprint density at radius 1 is 1.40 bits per heavy atom. The van der Waals surface area contributed by atoms with Gasteiger partial charge in [-0.25, -0.2) is 0 Å². The molecule has 1 heteroatoms. The molecule has 0 bridgehead atoms. The molecule has 0 unspecified atom stereocenters. The summed E-state index contributed by atoms with van der Waals surface area (Å²) in [5.74, 6) is 0.687. The molecule has 54 valence electrons. The molecule has 0 amide bonds. The maximum absolute atomic E-state index is 6.09. The molecule has 0 aromatic heterocycles. The van der Waals surface area contributed by atoms with E-state index < -0.39 is 0 Å². The molecule has 0 aliphatic heterocycles. The Kier molecular flexibility index (Phi) is 1.38. The van der Waals surface area contributed by atoms with Crippen LogP contribution in [0.4, 0.5) is 0 Å². The van der Waals surface area contributed by atoms with Crippen LogP contribution in [0.15, 0.2) is 23.3 Å². The summed E-state index contributed by atoms with van der Waals surface area (Å²) in [6, 6.07) is 0. The average molecular weight is 155 g/mol. The Morgan fingerprint density at radius 3 is 2.70 bits per heavy atom. The molecule has 0 spiro atoms. The van der Waals surface area contributed by atoms with Crippen LogP contribution in [0, 0.1) is 5.92 Å². The zero-order valence-corrected chi connectivity index (χ0v) is 6.86. The number of hydrogen-bond donors (Lipinski definition) is 0. The molecule has 0 saturated heterocycles. The van der Waals surface area contributed by atoms with Gasteiger partial charge in [0.25, 0.3) is 0 Å². The van der Waals surface area contributed by atoms with E-state index in [9.17, 15) is 0 Å². The Balaban J connectivity index is 2.30. The summed E-state index contributed by atoms with van der Waals surface area (Å²) >= 11 is 6.09. The normalized spacial score (nSPS) is 37.4. The van der Waals surface area contributed by atoms with Crippen LogP contribution in [0.1, 0.15) is 19.8 Å². The SMILES string of the molecule is CC1=CC[C@@H](Cl)[C@@H]2CC=C12. The zero-order valence-electron chi connectivity index (χ0n) is 6.10. The van der Waals surface area contributed by atoms with Gasteiger partial charge in [-0.1, -0.05) is 17.7 Å². The maximum atomic E-state index is 6.09. The fourth-order valence-electron chi connectivity index (χ4n) is 1.74. The molecular weight excluding hydrogens is 144 g/mol. The molecule has 0 saturated carbocycles. The van der Waals surface area contributed by atoms with Crippen molar-refractivity contribution >= 4 is 11.6 Å². The van der Waals surface area contributed by atoms with Crippen LogP contribution in [0.3, 0.4) is 0 Å². The lowest BCUT2D eigenvalue weighted by atomic mass is 9.74. The minimum atomic E-state index is 0.378. The molecule has 2 rings (SSSR count). The Labute approximate surface area is 66.6 Å². The summed E-state index contributed by atoms with van der Waals surface area (Å²) in [5, 5.41) is 0.378.